The van der Waals surface area contributed by atoms with E-state index in [0.717, 1.165) is 36.7 Å². The molecule has 2 aromatic rings. The van der Waals surface area contributed by atoms with Crippen LogP contribution in [0.5, 0.6) is 0 Å². The lowest BCUT2D eigenvalue weighted by Gasteiger charge is -2.22. The molecule has 5 heteroatoms. The van der Waals surface area contributed by atoms with E-state index in [2.05, 4.69) is 25.6 Å². The van der Waals surface area contributed by atoms with Gasteiger partial charge < -0.3 is 10.6 Å². The van der Waals surface area contributed by atoms with Crippen LogP contribution in [-0.4, -0.2) is 34.6 Å². The summed E-state index contributed by atoms with van der Waals surface area (Å²) in [6, 6.07) is 7.83. The van der Waals surface area contributed by atoms with Crippen molar-refractivity contribution >= 4 is 5.95 Å². The van der Waals surface area contributed by atoms with Gasteiger partial charge in [-0.05, 0) is 57.0 Å². The van der Waals surface area contributed by atoms with Gasteiger partial charge in [0.05, 0.1) is 11.4 Å². The van der Waals surface area contributed by atoms with Crippen LogP contribution in [0.4, 0.5) is 5.95 Å². The number of nitrogens with one attached hydrogen (secondary N) is 2. The minimum Gasteiger partial charge on any atom is -0.354 e. The summed E-state index contributed by atoms with van der Waals surface area (Å²) in [4.78, 5) is 13.4. The van der Waals surface area contributed by atoms with Crippen molar-refractivity contribution < 1.29 is 0 Å². The standard InChI is InChI=1S/C16H21N5/c1-12-10-15(14-4-2-3-7-18-14)21-16(20-12)19-11-13-5-8-17-9-6-13/h2-4,7,10,13,17H,5-6,8-9,11H2,1H3,(H,19,20,21). The van der Waals surface area contributed by atoms with Gasteiger partial charge in [0, 0.05) is 18.4 Å². The first kappa shape index (κ1) is 13.9. The molecule has 3 heterocycles. The topological polar surface area (TPSA) is 62.7 Å². The van der Waals surface area contributed by atoms with E-state index in [1.165, 1.54) is 12.8 Å². The van der Waals surface area contributed by atoms with Crippen molar-refractivity contribution in [1.82, 2.24) is 20.3 Å². The Hall–Kier alpha value is -2.01. The smallest absolute Gasteiger partial charge is 0.223 e. The fourth-order valence-corrected chi connectivity index (χ4v) is 2.61. The molecule has 0 spiro atoms. The zero-order valence-electron chi connectivity index (χ0n) is 12.3. The van der Waals surface area contributed by atoms with Crippen LogP contribution in [0.1, 0.15) is 18.5 Å². The lowest BCUT2D eigenvalue weighted by Crippen LogP contribution is -2.31. The Balaban J connectivity index is 1.72. The maximum atomic E-state index is 4.59. The molecule has 21 heavy (non-hydrogen) atoms. The van der Waals surface area contributed by atoms with Crippen LogP contribution >= 0.6 is 0 Å². The first-order valence-electron chi connectivity index (χ1n) is 7.53. The predicted molar refractivity (Wildman–Crippen MR) is 84.1 cm³/mol. The largest absolute Gasteiger partial charge is 0.354 e. The number of piperidine rings is 1. The number of aryl methyl sites for hydroxylation is 1. The van der Waals surface area contributed by atoms with Gasteiger partial charge in [-0.15, -0.1) is 0 Å². The van der Waals surface area contributed by atoms with Gasteiger partial charge in [0.2, 0.25) is 5.95 Å². The number of anilines is 1. The van der Waals surface area contributed by atoms with E-state index < -0.39 is 0 Å². The fraction of sp³-hybridized carbons (Fsp3) is 0.438. The van der Waals surface area contributed by atoms with Gasteiger partial charge in [-0.25, -0.2) is 9.97 Å². The maximum Gasteiger partial charge on any atom is 0.223 e. The molecule has 1 fully saturated rings. The third kappa shape index (κ3) is 3.76. The summed E-state index contributed by atoms with van der Waals surface area (Å²) in [5.74, 6) is 1.41. The first-order chi connectivity index (χ1) is 10.3. The average molecular weight is 283 g/mol. The monoisotopic (exact) mass is 283 g/mol. The van der Waals surface area contributed by atoms with Crippen LogP contribution in [0.25, 0.3) is 11.4 Å². The molecular formula is C16H21N5. The Morgan fingerprint density at radius 3 is 2.81 bits per heavy atom. The second kappa shape index (κ2) is 6.63. The van der Waals surface area contributed by atoms with Gasteiger partial charge in [0.25, 0.3) is 0 Å². The number of aromatic nitrogens is 3. The summed E-state index contributed by atoms with van der Waals surface area (Å²) in [5.41, 5.74) is 2.71. The molecule has 1 aliphatic rings. The molecule has 0 amide bonds. The van der Waals surface area contributed by atoms with Gasteiger partial charge in [0.15, 0.2) is 0 Å². The zero-order valence-corrected chi connectivity index (χ0v) is 12.3. The van der Waals surface area contributed by atoms with Gasteiger partial charge in [-0.3, -0.25) is 4.98 Å². The van der Waals surface area contributed by atoms with E-state index in [-0.39, 0.29) is 0 Å². The Kier molecular flexibility index (Phi) is 4.40. The molecule has 1 saturated heterocycles. The highest BCUT2D eigenvalue weighted by Gasteiger charge is 2.13. The van der Waals surface area contributed by atoms with Crippen molar-refractivity contribution in [3.05, 3.63) is 36.2 Å². The minimum absolute atomic E-state index is 0.702. The SMILES string of the molecule is Cc1cc(-c2ccccn2)nc(NCC2CCNCC2)n1. The molecule has 0 atom stereocenters. The average Bonchev–Trinajstić information content (AvgIpc) is 2.54. The Morgan fingerprint density at radius 1 is 1.19 bits per heavy atom. The summed E-state index contributed by atoms with van der Waals surface area (Å²) >= 11 is 0. The van der Waals surface area contributed by atoms with Crippen LogP contribution in [0.15, 0.2) is 30.5 Å². The van der Waals surface area contributed by atoms with Crippen molar-refractivity contribution in [2.75, 3.05) is 25.0 Å². The van der Waals surface area contributed by atoms with E-state index in [1.807, 2.05) is 31.2 Å². The third-order valence-corrected chi connectivity index (χ3v) is 3.79. The Labute approximate surface area is 125 Å². The van der Waals surface area contributed by atoms with E-state index in [1.54, 1.807) is 6.20 Å². The number of hydrogen-bond acceptors (Lipinski definition) is 5. The maximum absolute atomic E-state index is 4.59. The quantitative estimate of drug-likeness (QED) is 0.901. The van der Waals surface area contributed by atoms with Crippen LogP contribution < -0.4 is 10.6 Å². The van der Waals surface area contributed by atoms with Crippen molar-refractivity contribution in [1.29, 1.82) is 0 Å². The molecule has 0 saturated carbocycles. The second-order valence-corrected chi connectivity index (χ2v) is 5.51. The normalized spacial score (nSPS) is 15.9. The molecule has 0 bridgehead atoms. The summed E-state index contributed by atoms with van der Waals surface area (Å²) in [6.07, 6.45) is 4.22. The van der Waals surface area contributed by atoms with E-state index >= 15 is 0 Å². The van der Waals surface area contributed by atoms with Gasteiger partial charge >= 0.3 is 0 Å². The summed E-state index contributed by atoms with van der Waals surface area (Å²) in [7, 11) is 0. The van der Waals surface area contributed by atoms with Crippen molar-refractivity contribution in [3.63, 3.8) is 0 Å². The van der Waals surface area contributed by atoms with E-state index in [4.69, 9.17) is 0 Å². The number of pyridine rings is 1. The molecule has 3 rings (SSSR count). The molecule has 0 radical (unpaired) electrons. The molecule has 0 aliphatic carbocycles. The number of hydrogen-bond donors (Lipinski definition) is 2. The van der Waals surface area contributed by atoms with E-state index in [9.17, 15) is 0 Å². The second-order valence-electron chi connectivity index (χ2n) is 5.51. The molecule has 2 aromatic heterocycles. The van der Waals surface area contributed by atoms with Crippen molar-refractivity contribution in [3.8, 4) is 11.4 Å². The fourth-order valence-electron chi connectivity index (χ4n) is 2.61. The highest BCUT2D eigenvalue weighted by Crippen LogP contribution is 2.17. The highest BCUT2D eigenvalue weighted by atomic mass is 15.1. The zero-order chi connectivity index (χ0) is 14.5. The number of nitrogens with zero attached hydrogens (tertiary/aromatic N) is 3. The Morgan fingerprint density at radius 2 is 2.05 bits per heavy atom. The molecule has 5 nitrogen and oxygen atoms in total. The van der Waals surface area contributed by atoms with Gasteiger partial charge in [-0.1, -0.05) is 6.07 Å². The lowest BCUT2D eigenvalue weighted by molar-refractivity contribution is 0.389. The molecule has 110 valence electrons. The van der Waals surface area contributed by atoms with Gasteiger partial charge in [0.1, 0.15) is 0 Å². The summed E-state index contributed by atoms with van der Waals surface area (Å²) in [5, 5.41) is 6.77. The Bertz CT molecular complexity index is 578. The first-order valence-corrected chi connectivity index (χ1v) is 7.53. The lowest BCUT2D eigenvalue weighted by atomic mass is 9.98. The van der Waals surface area contributed by atoms with Gasteiger partial charge in [-0.2, -0.15) is 0 Å². The van der Waals surface area contributed by atoms with Crippen molar-refractivity contribution in [2.45, 2.75) is 19.8 Å². The van der Waals surface area contributed by atoms with Crippen LogP contribution in [0, 0.1) is 12.8 Å². The van der Waals surface area contributed by atoms with Crippen LogP contribution in [0.3, 0.4) is 0 Å². The molecule has 0 unspecified atom stereocenters. The van der Waals surface area contributed by atoms with Crippen LogP contribution in [0.2, 0.25) is 0 Å². The number of rotatable bonds is 4. The van der Waals surface area contributed by atoms with Crippen molar-refractivity contribution in [2.24, 2.45) is 5.92 Å². The molecule has 0 aromatic carbocycles. The molecular weight excluding hydrogens is 262 g/mol. The summed E-state index contributed by atoms with van der Waals surface area (Å²) < 4.78 is 0. The molecule has 2 N–H and O–H groups in total. The summed E-state index contributed by atoms with van der Waals surface area (Å²) in [6.45, 7) is 5.15. The minimum atomic E-state index is 0.702. The van der Waals surface area contributed by atoms with Crippen LogP contribution in [-0.2, 0) is 0 Å². The third-order valence-electron chi connectivity index (χ3n) is 3.79. The molecule has 1 aliphatic heterocycles. The predicted octanol–water partition coefficient (Wildman–Crippen LogP) is 2.26. The highest BCUT2D eigenvalue weighted by molar-refractivity contribution is 5.55. The van der Waals surface area contributed by atoms with E-state index in [0.29, 0.717) is 11.9 Å².